The molecule has 10 heteroatoms. The molecule has 30 heavy (non-hydrogen) atoms. The molecule has 0 atom stereocenters. The Morgan fingerprint density at radius 3 is 2.70 bits per heavy atom. The minimum atomic E-state index is -3.61. The predicted octanol–water partition coefficient (Wildman–Crippen LogP) is 2.11. The first-order valence-electron chi connectivity index (χ1n) is 9.79. The third kappa shape index (κ3) is 4.07. The van der Waals surface area contributed by atoms with Gasteiger partial charge in [-0.05, 0) is 55.3 Å². The van der Waals surface area contributed by atoms with E-state index in [-0.39, 0.29) is 22.9 Å². The number of thiophene rings is 1. The molecule has 0 spiro atoms. The van der Waals surface area contributed by atoms with Crippen molar-refractivity contribution in [2.24, 2.45) is 0 Å². The van der Waals surface area contributed by atoms with E-state index in [9.17, 15) is 18.0 Å². The van der Waals surface area contributed by atoms with Crippen LogP contribution in [0, 0.1) is 6.92 Å². The second-order valence-corrected chi connectivity index (χ2v) is 10.3. The van der Waals surface area contributed by atoms with Gasteiger partial charge in [-0.1, -0.05) is 0 Å². The summed E-state index contributed by atoms with van der Waals surface area (Å²) in [5.74, 6) is -0.993. The highest BCUT2D eigenvalue weighted by atomic mass is 32.2. The van der Waals surface area contributed by atoms with Crippen molar-refractivity contribution in [3.05, 3.63) is 50.6 Å². The Hall–Kier alpha value is -2.43. The highest BCUT2D eigenvalue weighted by Gasteiger charge is 2.28. The summed E-state index contributed by atoms with van der Waals surface area (Å²) in [7, 11) is -3.61. The SMILES string of the molecule is Cc1ccsc1CCNC(=O)Cn1c(=O)oc2cc(S(=O)(=O)N3CCCC3)ccc21. The zero-order chi connectivity index (χ0) is 21.3. The van der Waals surface area contributed by atoms with Crippen molar-refractivity contribution in [3.63, 3.8) is 0 Å². The predicted molar refractivity (Wildman–Crippen MR) is 114 cm³/mol. The average molecular weight is 450 g/mol. The van der Waals surface area contributed by atoms with Crippen LogP contribution in [0.5, 0.6) is 0 Å². The van der Waals surface area contributed by atoms with Crippen LogP contribution in [0.2, 0.25) is 0 Å². The van der Waals surface area contributed by atoms with E-state index in [1.165, 1.54) is 37.5 Å². The number of fused-ring (bicyclic) bond motifs is 1. The van der Waals surface area contributed by atoms with E-state index in [4.69, 9.17) is 4.42 Å². The number of aromatic nitrogens is 1. The number of carbonyl (C=O) groups is 1. The minimum absolute atomic E-state index is 0.0913. The number of nitrogens with zero attached hydrogens (tertiary/aromatic N) is 2. The van der Waals surface area contributed by atoms with Gasteiger partial charge in [0.25, 0.3) is 0 Å². The van der Waals surface area contributed by atoms with Gasteiger partial charge in [0.2, 0.25) is 15.9 Å². The van der Waals surface area contributed by atoms with Crippen LogP contribution >= 0.6 is 11.3 Å². The molecule has 160 valence electrons. The summed E-state index contributed by atoms with van der Waals surface area (Å²) >= 11 is 1.65. The molecule has 0 bridgehead atoms. The number of carbonyl (C=O) groups excluding carboxylic acids is 1. The van der Waals surface area contributed by atoms with Gasteiger partial charge in [0, 0.05) is 30.6 Å². The van der Waals surface area contributed by atoms with Gasteiger partial charge in [-0.3, -0.25) is 9.36 Å². The number of benzene rings is 1. The lowest BCUT2D eigenvalue weighted by Gasteiger charge is -2.15. The average Bonchev–Trinajstić information content (AvgIpc) is 3.44. The number of hydrogen-bond acceptors (Lipinski definition) is 6. The number of aryl methyl sites for hydroxylation is 1. The third-order valence-electron chi connectivity index (χ3n) is 5.29. The van der Waals surface area contributed by atoms with E-state index in [1.54, 1.807) is 11.3 Å². The lowest BCUT2D eigenvalue weighted by Crippen LogP contribution is -2.32. The first-order chi connectivity index (χ1) is 14.4. The van der Waals surface area contributed by atoms with Gasteiger partial charge >= 0.3 is 5.76 Å². The summed E-state index contributed by atoms with van der Waals surface area (Å²) in [5.41, 5.74) is 1.75. The molecule has 1 N–H and O–H groups in total. The summed E-state index contributed by atoms with van der Waals surface area (Å²) in [6.07, 6.45) is 2.41. The lowest BCUT2D eigenvalue weighted by molar-refractivity contribution is -0.121. The first kappa shape index (κ1) is 20.8. The molecule has 1 fully saturated rings. The Kier molecular flexibility index (Phi) is 5.81. The zero-order valence-corrected chi connectivity index (χ0v) is 18.2. The fourth-order valence-corrected chi connectivity index (χ4v) is 6.05. The Labute approximate surface area is 178 Å². The second-order valence-electron chi connectivity index (χ2n) is 7.32. The molecule has 1 aliphatic rings. The molecule has 2 aromatic heterocycles. The molecule has 0 saturated carbocycles. The van der Waals surface area contributed by atoms with Crippen LogP contribution in [0.3, 0.4) is 0 Å². The number of oxazole rings is 1. The van der Waals surface area contributed by atoms with Crippen LogP contribution in [0.25, 0.3) is 11.1 Å². The maximum absolute atomic E-state index is 12.7. The minimum Gasteiger partial charge on any atom is -0.408 e. The van der Waals surface area contributed by atoms with Crippen LogP contribution in [-0.4, -0.2) is 42.8 Å². The van der Waals surface area contributed by atoms with E-state index in [0.717, 1.165) is 19.3 Å². The summed E-state index contributed by atoms with van der Waals surface area (Å²) in [4.78, 5) is 25.9. The molecule has 0 aliphatic carbocycles. The van der Waals surface area contributed by atoms with Crippen LogP contribution < -0.4 is 11.1 Å². The molecule has 3 heterocycles. The summed E-state index contributed by atoms with van der Waals surface area (Å²) in [6.45, 7) is 3.31. The standard InChI is InChI=1S/C20H23N3O5S2/c1-14-7-11-29-18(14)6-8-21-19(24)13-23-16-5-4-15(12-17(16)28-20(23)25)30(26,27)22-9-2-3-10-22/h4-5,7,11-12H,2-3,6,8-10,13H2,1H3,(H,21,24). The van der Waals surface area contributed by atoms with Crippen molar-refractivity contribution in [2.75, 3.05) is 19.6 Å². The molecular formula is C20H23N3O5S2. The normalized spacial score (nSPS) is 15.1. The molecule has 1 amide bonds. The number of nitrogens with one attached hydrogen (secondary N) is 1. The maximum atomic E-state index is 12.7. The molecule has 3 aromatic rings. The van der Waals surface area contributed by atoms with Crippen molar-refractivity contribution in [3.8, 4) is 0 Å². The van der Waals surface area contributed by atoms with Crippen LogP contribution in [0.15, 0.2) is 43.8 Å². The summed E-state index contributed by atoms with van der Waals surface area (Å²) < 4.78 is 33.3. The number of amides is 1. The maximum Gasteiger partial charge on any atom is 0.420 e. The van der Waals surface area contributed by atoms with E-state index in [0.29, 0.717) is 25.2 Å². The fraction of sp³-hybridized carbons (Fsp3) is 0.400. The van der Waals surface area contributed by atoms with Crippen LogP contribution in [0.1, 0.15) is 23.3 Å². The van der Waals surface area contributed by atoms with Gasteiger partial charge in [-0.25, -0.2) is 13.2 Å². The lowest BCUT2D eigenvalue weighted by atomic mass is 10.2. The fourth-order valence-electron chi connectivity index (χ4n) is 3.61. The topological polar surface area (TPSA) is 102 Å². The number of hydrogen-bond donors (Lipinski definition) is 1. The second kappa shape index (κ2) is 8.37. The summed E-state index contributed by atoms with van der Waals surface area (Å²) in [5, 5.41) is 4.83. The molecular weight excluding hydrogens is 426 g/mol. The van der Waals surface area contributed by atoms with Crippen molar-refractivity contribution < 1.29 is 17.6 Å². The Bertz CT molecular complexity index is 1230. The van der Waals surface area contributed by atoms with Gasteiger partial charge in [-0.2, -0.15) is 4.31 Å². The van der Waals surface area contributed by atoms with Crippen LogP contribution in [-0.2, 0) is 27.8 Å². The van der Waals surface area contributed by atoms with E-state index >= 15 is 0 Å². The number of sulfonamides is 1. The van der Waals surface area contributed by atoms with Gasteiger partial charge in [0.1, 0.15) is 6.54 Å². The molecule has 1 saturated heterocycles. The molecule has 4 rings (SSSR count). The Morgan fingerprint density at radius 2 is 2.00 bits per heavy atom. The molecule has 0 radical (unpaired) electrons. The molecule has 1 aromatic carbocycles. The zero-order valence-electron chi connectivity index (χ0n) is 16.6. The molecule has 0 unspecified atom stereocenters. The van der Waals surface area contributed by atoms with Gasteiger partial charge in [0.05, 0.1) is 10.4 Å². The van der Waals surface area contributed by atoms with Crippen molar-refractivity contribution in [1.29, 1.82) is 0 Å². The van der Waals surface area contributed by atoms with E-state index in [1.807, 2.05) is 18.4 Å². The van der Waals surface area contributed by atoms with Crippen molar-refractivity contribution in [2.45, 2.75) is 37.6 Å². The monoisotopic (exact) mass is 449 g/mol. The highest BCUT2D eigenvalue weighted by molar-refractivity contribution is 7.89. The van der Waals surface area contributed by atoms with E-state index < -0.39 is 15.8 Å². The molecule has 1 aliphatic heterocycles. The molecule has 8 nitrogen and oxygen atoms in total. The van der Waals surface area contributed by atoms with Crippen molar-refractivity contribution >= 4 is 38.4 Å². The quantitative estimate of drug-likeness (QED) is 0.595. The smallest absolute Gasteiger partial charge is 0.408 e. The van der Waals surface area contributed by atoms with E-state index in [2.05, 4.69) is 5.32 Å². The number of rotatable bonds is 7. The van der Waals surface area contributed by atoms with Gasteiger partial charge < -0.3 is 9.73 Å². The van der Waals surface area contributed by atoms with Crippen molar-refractivity contribution in [1.82, 2.24) is 14.2 Å². The third-order valence-corrected chi connectivity index (χ3v) is 8.26. The Balaban J connectivity index is 1.48. The largest absolute Gasteiger partial charge is 0.420 e. The van der Waals surface area contributed by atoms with Crippen LogP contribution in [0.4, 0.5) is 0 Å². The van der Waals surface area contributed by atoms with Gasteiger partial charge in [-0.15, -0.1) is 11.3 Å². The first-order valence-corrected chi connectivity index (χ1v) is 12.1. The Morgan fingerprint density at radius 1 is 1.23 bits per heavy atom. The summed E-state index contributed by atoms with van der Waals surface area (Å²) in [6, 6.07) is 6.37. The highest BCUT2D eigenvalue weighted by Crippen LogP contribution is 2.24. The van der Waals surface area contributed by atoms with Gasteiger partial charge in [0.15, 0.2) is 5.58 Å².